The first-order chi connectivity index (χ1) is 14.6. The Kier molecular flexibility index (Phi) is 4.89. The number of anilines is 1. The minimum Gasteiger partial charge on any atom is -0.322 e. The monoisotopic (exact) mass is 448 g/mol. The van der Waals surface area contributed by atoms with Crippen LogP contribution in [0.1, 0.15) is 16.1 Å². The molecule has 1 amide bonds. The van der Waals surface area contributed by atoms with Gasteiger partial charge >= 0.3 is 6.18 Å². The second-order valence-corrected chi connectivity index (χ2v) is 7.22. The Hall–Kier alpha value is -3.87. The van der Waals surface area contributed by atoms with Gasteiger partial charge in [0.1, 0.15) is 5.52 Å². The van der Waals surface area contributed by atoms with Gasteiger partial charge in [0.25, 0.3) is 11.6 Å². The van der Waals surface area contributed by atoms with Crippen molar-refractivity contribution in [2.24, 2.45) is 7.05 Å². The third-order valence-electron chi connectivity index (χ3n) is 4.41. The molecule has 9 nitrogen and oxygen atoms in total. The molecule has 0 spiro atoms. The number of aromatic nitrogens is 4. The minimum absolute atomic E-state index is 0.0369. The van der Waals surface area contributed by atoms with Gasteiger partial charge in [-0.1, -0.05) is 4.49 Å². The van der Waals surface area contributed by atoms with Crippen LogP contribution in [0.15, 0.2) is 42.5 Å². The molecule has 0 aliphatic heterocycles. The summed E-state index contributed by atoms with van der Waals surface area (Å²) < 4.78 is 44.3. The van der Waals surface area contributed by atoms with Gasteiger partial charge in [-0.3, -0.25) is 19.6 Å². The number of hydrogen-bond donors (Lipinski definition) is 1. The predicted octanol–water partition coefficient (Wildman–Crippen LogP) is 4.27. The first-order valence-corrected chi connectivity index (χ1v) is 9.34. The molecule has 4 rings (SSSR count). The van der Waals surface area contributed by atoms with Gasteiger partial charge in [0, 0.05) is 24.4 Å². The van der Waals surface area contributed by atoms with E-state index in [9.17, 15) is 28.1 Å². The number of nitrogens with zero attached hydrogens (tertiary/aromatic N) is 5. The summed E-state index contributed by atoms with van der Waals surface area (Å²) in [5.74, 6) is -0.627. The Bertz CT molecular complexity index is 1330. The zero-order valence-corrected chi connectivity index (χ0v) is 16.4. The molecule has 0 bridgehead atoms. The standard InChI is InChI=1S/C18H11F3N6O3S/c1-26-13(8-16(24-26)18(19,20)21)11-4-2-9(6-14(11)27(29)30)17(28)22-10-3-5-15-12(7-10)23-25-31-15/h2-8H,1H3,(H,22,28). The normalized spacial score (nSPS) is 11.6. The third kappa shape index (κ3) is 3.94. The predicted molar refractivity (Wildman–Crippen MR) is 106 cm³/mol. The number of fused-ring (bicyclic) bond motifs is 1. The number of hydrogen-bond acceptors (Lipinski definition) is 7. The fraction of sp³-hybridized carbons (Fsp3) is 0.111. The number of alkyl halides is 3. The number of aryl methyl sites for hydroxylation is 1. The number of amides is 1. The number of nitrogens with one attached hydrogen (secondary N) is 1. The Morgan fingerprint density at radius 3 is 2.65 bits per heavy atom. The van der Waals surface area contributed by atoms with Crippen LogP contribution in [0.3, 0.4) is 0 Å². The van der Waals surface area contributed by atoms with E-state index in [1.165, 1.54) is 30.7 Å². The molecule has 13 heteroatoms. The van der Waals surface area contributed by atoms with Crippen molar-refractivity contribution in [3.8, 4) is 11.3 Å². The average Bonchev–Trinajstić information content (AvgIpc) is 3.33. The molecule has 4 aromatic rings. The summed E-state index contributed by atoms with van der Waals surface area (Å²) >= 11 is 1.19. The van der Waals surface area contributed by atoms with E-state index in [0.717, 1.165) is 21.5 Å². The largest absolute Gasteiger partial charge is 0.435 e. The highest BCUT2D eigenvalue weighted by atomic mass is 32.1. The molecular weight excluding hydrogens is 437 g/mol. The summed E-state index contributed by atoms with van der Waals surface area (Å²) in [6, 6.07) is 9.21. The lowest BCUT2D eigenvalue weighted by molar-refractivity contribution is -0.384. The Balaban J connectivity index is 1.68. The molecule has 31 heavy (non-hydrogen) atoms. The van der Waals surface area contributed by atoms with Crippen LogP contribution >= 0.6 is 11.5 Å². The van der Waals surface area contributed by atoms with Crippen LogP contribution in [-0.2, 0) is 13.2 Å². The minimum atomic E-state index is -4.70. The molecule has 2 aromatic heterocycles. The molecule has 2 heterocycles. The zero-order chi connectivity index (χ0) is 22.3. The van der Waals surface area contributed by atoms with Gasteiger partial charge in [-0.05, 0) is 47.9 Å². The molecule has 0 unspecified atom stereocenters. The zero-order valence-electron chi connectivity index (χ0n) is 15.5. The van der Waals surface area contributed by atoms with Crippen LogP contribution in [0.4, 0.5) is 24.5 Å². The maximum atomic E-state index is 12.9. The van der Waals surface area contributed by atoms with Crippen LogP contribution in [0.25, 0.3) is 21.5 Å². The van der Waals surface area contributed by atoms with Crippen molar-refractivity contribution in [1.29, 1.82) is 0 Å². The molecule has 1 N–H and O–H groups in total. The first-order valence-electron chi connectivity index (χ1n) is 8.57. The highest BCUT2D eigenvalue weighted by Gasteiger charge is 2.35. The average molecular weight is 448 g/mol. The number of nitro groups is 1. The topological polar surface area (TPSA) is 116 Å². The SMILES string of the molecule is Cn1nc(C(F)(F)F)cc1-c1ccc(C(=O)Nc2ccc3snnc3c2)cc1[N+](=O)[O-]. The lowest BCUT2D eigenvalue weighted by Crippen LogP contribution is -2.12. The van der Waals surface area contributed by atoms with E-state index >= 15 is 0 Å². The van der Waals surface area contributed by atoms with Gasteiger partial charge < -0.3 is 5.32 Å². The van der Waals surface area contributed by atoms with Gasteiger partial charge in [-0.15, -0.1) is 5.10 Å². The number of benzene rings is 2. The van der Waals surface area contributed by atoms with E-state index in [4.69, 9.17) is 0 Å². The van der Waals surface area contributed by atoms with E-state index < -0.39 is 28.4 Å². The van der Waals surface area contributed by atoms with Crippen LogP contribution in [0.5, 0.6) is 0 Å². The first kappa shape index (κ1) is 20.4. The number of nitro benzene ring substituents is 1. The van der Waals surface area contributed by atoms with Crippen molar-refractivity contribution < 1.29 is 22.9 Å². The highest BCUT2D eigenvalue weighted by Crippen LogP contribution is 2.35. The van der Waals surface area contributed by atoms with Crippen LogP contribution < -0.4 is 5.32 Å². The summed E-state index contributed by atoms with van der Waals surface area (Å²) in [4.78, 5) is 23.4. The fourth-order valence-electron chi connectivity index (χ4n) is 2.96. The van der Waals surface area contributed by atoms with Gasteiger partial charge in [0.05, 0.1) is 20.9 Å². The molecule has 0 saturated carbocycles. The molecule has 158 valence electrons. The quantitative estimate of drug-likeness (QED) is 0.368. The van der Waals surface area contributed by atoms with Gasteiger partial charge in [0.2, 0.25) is 0 Å². The highest BCUT2D eigenvalue weighted by molar-refractivity contribution is 7.12. The van der Waals surface area contributed by atoms with Crippen molar-refractivity contribution in [2.75, 3.05) is 5.32 Å². The number of halogens is 3. The summed E-state index contributed by atoms with van der Waals surface area (Å²) in [6.07, 6.45) is -4.70. The molecule has 0 aliphatic rings. The maximum Gasteiger partial charge on any atom is 0.435 e. The molecule has 0 radical (unpaired) electrons. The Morgan fingerprint density at radius 1 is 1.19 bits per heavy atom. The van der Waals surface area contributed by atoms with E-state index in [0.29, 0.717) is 11.2 Å². The van der Waals surface area contributed by atoms with Crippen molar-refractivity contribution in [1.82, 2.24) is 19.4 Å². The molecule has 0 saturated heterocycles. The van der Waals surface area contributed by atoms with Crippen molar-refractivity contribution in [3.05, 3.63) is 63.8 Å². The van der Waals surface area contributed by atoms with E-state index in [1.54, 1.807) is 18.2 Å². The smallest absolute Gasteiger partial charge is 0.322 e. The summed E-state index contributed by atoms with van der Waals surface area (Å²) in [5, 5.41) is 21.5. The number of rotatable bonds is 4. The molecule has 0 atom stereocenters. The Morgan fingerprint density at radius 2 is 1.97 bits per heavy atom. The summed E-state index contributed by atoms with van der Waals surface area (Å²) in [5.41, 5.74) is -0.935. The lowest BCUT2D eigenvalue weighted by Gasteiger charge is -2.08. The number of carbonyl (C=O) groups is 1. The molecular formula is C18H11F3N6O3S. The van der Waals surface area contributed by atoms with E-state index in [2.05, 4.69) is 20.0 Å². The van der Waals surface area contributed by atoms with Crippen LogP contribution in [0, 0.1) is 10.1 Å². The van der Waals surface area contributed by atoms with Crippen molar-refractivity contribution >= 4 is 39.0 Å². The second kappa shape index (κ2) is 7.43. The van der Waals surface area contributed by atoms with Gasteiger partial charge in [-0.25, -0.2) is 0 Å². The van der Waals surface area contributed by atoms with Crippen molar-refractivity contribution in [2.45, 2.75) is 6.18 Å². The molecule has 0 aliphatic carbocycles. The number of carbonyl (C=O) groups excluding carboxylic acids is 1. The molecule has 2 aromatic carbocycles. The van der Waals surface area contributed by atoms with Gasteiger partial charge in [0.15, 0.2) is 5.69 Å². The third-order valence-corrected chi connectivity index (χ3v) is 5.11. The summed E-state index contributed by atoms with van der Waals surface area (Å²) in [7, 11) is 1.25. The fourth-order valence-corrected chi connectivity index (χ4v) is 3.50. The molecule has 0 fully saturated rings. The van der Waals surface area contributed by atoms with Crippen LogP contribution in [0.2, 0.25) is 0 Å². The maximum absolute atomic E-state index is 12.9. The van der Waals surface area contributed by atoms with Crippen LogP contribution in [-0.4, -0.2) is 30.2 Å². The van der Waals surface area contributed by atoms with E-state index in [1.807, 2.05) is 0 Å². The lowest BCUT2D eigenvalue weighted by atomic mass is 10.1. The van der Waals surface area contributed by atoms with E-state index in [-0.39, 0.29) is 16.8 Å². The van der Waals surface area contributed by atoms with Gasteiger partial charge in [-0.2, -0.15) is 18.3 Å². The second-order valence-electron chi connectivity index (χ2n) is 6.43. The summed E-state index contributed by atoms with van der Waals surface area (Å²) in [6.45, 7) is 0. The van der Waals surface area contributed by atoms with Crippen molar-refractivity contribution in [3.63, 3.8) is 0 Å². The Labute approximate surface area is 175 Å².